The predicted octanol–water partition coefficient (Wildman–Crippen LogP) is 5.40. The lowest BCUT2D eigenvalue weighted by Gasteiger charge is -2.11. The molecule has 172 valence electrons. The van der Waals surface area contributed by atoms with Crippen LogP contribution < -0.4 is 0 Å². The Morgan fingerprint density at radius 3 is 2.29 bits per heavy atom. The normalized spacial score (nSPS) is 10.6. The highest BCUT2D eigenvalue weighted by Gasteiger charge is 2.17. The summed E-state index contributed by atoms with van der Waals surface area (Å²) in [5.74, 6) is -0.416. The molecule has 6 heteroatoms. The lowest BCUT2D eigenvalue weighted by atomic mass is 9.94. The van der Waals surface area contributed by atoms with E-state index in [0.29, 0.717) is 25.2 Å². The first-order valence-corrected chi connectivity index (χ1v) is 11.0. The van der Waals surface area contributed by atoms with E-state index in [-0.39, 0.29) is 18.3 Å². The summed E-state index contributed by atoms with van der Waals surface area (Å²) in [6.07, 6.45) is 2.87. The molecule has 0 fully saturated rings. The SMILES string of the molecule is COC(=O)CCc1ccccc1Cc1ccccc1-c1nc(C(=O)OCc2ccccc2)co1. The number of esters is 2. The van der Waals surface area contributed by atoms with Gasteiger partial charge in [0.25, 0.3) is 0 Å². The zero-order chi connectivity index (χ0) is 23.8. The van der Waals surface area contributed by atoms with Gasteiger partial charge < -0.3 is 13.9 Å². The monoisotopic (exact) mass is 455 g/mol. The Hall–Kier alpha value is -4.19. The molecule has 4 rings (SSSR count). The molecule has 3 aromatic carbocycles. The third-order valence-electron chi connectivity index (χ3n) is 5.50. The molecule has 0 aliphatic heterocycles. The zero-order valence-corrected chi connectivity index (χ0v) is 18.9. The summed E-state index contributed by atoms with van der Waals surface area (Å²) < 4.78 is 15.8. The summed E-state index contributed by atoms with van der Waals surface area (Å²) in [5, 5.41) is 0. The molecule has 1 aromatic heterocycles. The maximum absolute atomic E-state index is 12.5. The van der Waals surface area contributed by atoms with Crippen molar-refractivity contribution in [3.8, 4) is 11.5 Å². The van der Waals surface area contributed by atoms with Gasteiger partial charge in [-0.15, -0.1) is 0 Å². The van der Waals surface area contributed by atoms with E-state index in [1.165, 1.54) is 13.4 Å². The summed E-state index contributed by atoms with van der Waals surface area (Å²) >= 11 is 0. The van der Waals surface area contributed by atoms with E-state index in [2.05, 4.69) is 4.98 Å². The van der Waals surface area contributed by atoms with E-state index in [0.717, 1.165) is 27.8 Å². The predicted molar refractivity (Wildman–Crippen MR) is 127 cm³/mol. The van der Waals surface area contributed by atoms with Crippen LogP contribution in [0.5, 0.6) is 0 Å². The maximum Gasteiger partial charge on any atom is 0.360 e. The number of aryl methyl sites for hydroxylation is 1. The highest BCUT2D eigenvalue weighted by atomic mass is 16.5. The number of aromatic nitrogens is 1. The van der Waals surface area contributed by atoms with Crippen LogP contribution in [0.2, 0.25) is 0 Å². The number of hydrogen-bond donors (Lipinski definition) is 0. The van der Waals surface area contributed by atoms with Crippen LogP contribution in [0, 0.1) is 0 Å². The second-order valence-corrected chi connectivity index (χ2v) is 7.78. The van der Waals surface area contributed by atoms with E-state index in [4.69, 9.17) is 13.9 Å². The largest absolute Gasteiger partial charge is 0.469 e. The molecular formula is C28H25NO5. The molecule has 0 unspecified atom stereocenters. The van der Waals surface area contributed by atoms with Crippen LogP contribution in [0.15, 0.2) is 89.5 Å². The van der Waals surface area contributed by atoms with E-state index < -0.39 is 5.97 Å². The van der Waals surface area contributed by atoms with Gasteiger partial charge in [-0.1, -0.05) is 72.8 Å². The number of carbonyl (C=O) groups excluding carboxylic acids is 2. The molecule has 4 aromatic rings. The lowest BCUT2D eigenvalue weighted by molar-refractivity contribution is -0.140. The quantitative estimate of drug-likeness (QED) is 0.315. The molecule has 0 amide bonds. The summed E-state index contributed by atoms with van der Waals surface area (Å²) in [7, 11) is 1.40. The van der Waals surface area contributed by atoms with Gasteiger partial charge in [-0.2, -0.15) is 0 Å². The fourth-order valence-corrected chi connectivity index (χ4v) is 3.69. The third-order valence-corrected chi connectivity index (χ3v) is 5.50. The first kappa shape index (κ1) is 23.0. The average Bonchev–Trinajstić information content (AvgIpc) is 3.38. The van der Waals surface area contributed by atoms with Crippen molar-refractivity contribution in [3.63, 3.8) is 0 Å². The number of oxazole rings is 1. The van der Waals surface area contributed by atoms with Crippen molar-refractivity contribution in [2.45, 2.75) is 25.9 Å². The van der Waals surface area contributed by atoms with Gasteiger partial charge in [-0.05, 0) is 41.2 Å². The minimum atomic E-state index is -0.538. The van der Waals surface area contributed by atoms with Crippen LogP contribution in [-0.2, 0) is 33.7 Å². The van der Waals surface area contributed by atoms with Crippen molar-refractivity contribution < 1.29 is 23.5 Å². The summed E-state index contributed by atoms with van der Waals surface area (Å²) in [4.78, 5) is 28.4. The van der Waals surface area contributed by atoms with Crippen LogP contribution in [0.25, 0.3) is 11.5 Å². The number of methoxy groups -OCH3 is 1. The van der Waals surface area contributed by atoms with E-state index >= 15 is 0 Å². The van der Waals surface area contributed by atoms with Gasteiger partial charge >= 0.3 is 11.9 Å². The average molecular weight is 456 g/mol. The third kappa shape index (κ3) is 5.78. The zero-order valence-electron chi connectivity index (χ0n) is 18.9. The number of nitrogens with zero attached hydrogens (tertiary/aromatic N) is 1. The van der Waals surface area contributed by atoms with E-state index in [1.807, 2.05) is 78.9 Å². The van der Waals surface area contributed by atoms with Crippen molar-refractivity contribution in [2.75, 3.05) is 7.11 Å². The number of ether oxygens (including phenoxy) is 2. The van der Waals surface area contributed by atoms with Crippen LogP contribution in [0.3, 0.4) is 0 Å². The molecule has 0 bridgehead atoms. The fourth-order valence-electron chi connectivity index (χ4n) is 3.69. The highest BCUT2D eigenvalue weighted by Crippen LogP contribution is 2.27. The molecule has 0 saturated carbocycles. The molecule has 34 heavy (non-hydrogen) atoms. The lowest BCUT2D eigenvalue weighted by Crippen LogP contribution is -2.06. The Kier molecular flexibility index (Phi) is 7.50. The van der Waals surface area contributed by atoms with Crippen molar-refractivity contribution in [1.82, 2.24) is 4.98 Å². The molecular weight excluding hydrogens is 430 g/mol. The first-order chi connectivity index (χ1) is 16.6. The Balaban J connectivity index is 1.50. The molecule has 1 heterocycles. The Bertz CT molecular complexity index is 1260. The maximum atomic E-state index is 12.5. The standard InChI is InChI=1S/C28H25NO5/c1-32-26(30)16-15-21-11-5-6-12-22(21)17-23-13-7-8-14-24(23)27-29-25(19-33-27)28(31)34-18-20-9-3-2-4-10-20/h2-14,19H,15-18H2,1H3. The van der Waals surface area contributed by atoms with Gasteiger partial charge in [0.1, 0.15) is 12.9 Å². The number of benzene rings is 3. The Morgan fingerprint density at radius 2 is 1.53 bits per heavy atom. The van der Waals surface area contributed by atoms with Crippen LogP contribution >= 0.6 is 0 Å². The minimum Gasteiger partial charge on any atom is -0.469 e. The second kappa shape index (κ2) is 11.1. The van der Waals surface area contributed by atoms with Crippen molar-refractivity contribution in [1.29, 1.82) is 0 Å². The second-order valence-electron chi connectivity index (χ2n) is 7.78. The molecule has 0 aliphatic carbocycles. The number of hydrogen-bond acceptors (Lipinski definition) is 6. The number of rotatable bonds is 9. The van der Waals surface area contributed by atoms with E-state index in [9.17, 15) is 9.59 Å². The highest BCUT2D eigenvalue weighted by molar-refractivity contribution is 5.87. The molecule has 0 saturated heterocycles. The van der Waals surface area contributed by atoms with Gasteiger partial charge in [0, 0.05) is 12.0 Å². The van der Waals surface area contributed by atoms with Gasteiger partial charge in [0.15, 0.2) is 5.69 Å². The van der Waals surface area contributed by atoms with E-state index in [1.54, 1.807) is 0 Å². The molecule has 6 nitrogen and oxygen atoms in total. The van der Waals surface area contributed by atoms with Crippen LogP contribution in [-0.4, -0.2) is 24.0 Å². The molecule has 0 radical (unpaired) electrons. The van der Waals surface area contributed by atoms with Crippen molar-refractivity contribution >= 4 is 11.9 Å². The molecule has 0 atom stereocenters. The summed E-state index contributed by atoms with van der Waals surface area (Å²) in [6.45, 7) is 0.167. The van der Waals surface area contributed by atoms with Gasteiger partial charge in [-0.3, -0.25) is 4.79 Å². The smallest absolute Gasteiger partial charge is 0.360 e. The topological polar surface area (TPSA) is 78.6 Å². The minimum absolute atomic E-state index is 0.124. The van der Waals surface area contributed by atoms with Gasteiger partial charge in [-0.25, -0.2) is 9.78 Å². The molecule has 0 N–H and O–H groups in total. The number of carbonyl (C=O) groups is 2. The Morgan fingerprint density at radius 1 is 0.853 bits per heavy atom. The van der Waals surface area contributed by atoms with Gasteiger partial charge in [0.05, 0.1) is 7.11 Å². The molecule has 0 spiro atoms. The van der Waals surface area contributed by atoms with Crippen molar-refractivity contribution in [2.24, 2.45) is 0 Å². The Labute approximate surface area is 198 Å². The summed E-state index contributed by atoms with van der Waals surface area (Å²) in [6, 6.07) is 25.2. The van der Waals surface area contributed by atoms with Crippen LogP contribution in [0.4, 0.5) is 0 Å². The first-order valence-electron chi connectivity index (χ1n) is 11.0. The molecule has 0 aliphatic rings. The van der Waals surface area contributed by atoms with Gasteiger partial charge in [0.2, 0.25) is 5.89 Å². The fraction of sp³-hybridized carbons (Fsp3) is 0.179. The van der Waals surface area contributed by atoms with Crippen LogP contribution in [0.1, 0.15) is 39.2 Å². The summed E-state index contributed by atoms with van der Waals surface area (Å²) in [5.41, 5.74) is 5.01. The van der Waals surface area contributed by atoms with Crippen molar-refractivity contribution in [3.05, 3.63) is 113 Å².